The second-order valence-electron chi connectivity index (χ2n) is 8.43. The first-order valence-corrected chi connectivity index (χ1v) is 11.0. The smallest absolute Gasteiger partial charge is 0.255 e. The second-order valence-corrected chi connectivity index (χ2v) is 8.43. The van der Waals surface area contributed by atoms with Gasteiger partial charge in [0.2, 0.25) is 5.91 Å². The van der Waals surface area contributed by atoms with Crippen LogP contribution in [-0.2, 0) is 4.79 Å². The second kappa shape index (κ2) is 8.67. The Morgan fingerprint density at radius 2 is 1.94 bits per heavy atom. The fraction of sp³-hybridized carbons (Fsp3) is 0.269. The molecule has 2 aliphatic rings. The molecule has 0 unspecified atom stereocenters. The van der Waals surface area contributed by atoms with E-state index in [2.05, 4.69) is 4.98 Å². The number of nitrogens with zero attached hydrogens (tertiary/aromatic N) is 3. The molecule has 3 heterocycles. The number of amides is 2. The Morgan fingerprint density at radius 3 is 2.64 bits per heavy atom. The van der Waals surface area contributed by atoms with E-state index in [4.69, 9.17) is 4.74 Å². The van der Waals surface area contributed by atoms with Gasteiger partial charge in [0.25, 0.3) is 5.91 Å². The first kappa shape index (κ1) is 21.2. The number of rotatable bonds is 5. The van der Waals surface area contributed by atoms with Crippen LogP contribution in [0, 0.1) is 0 Å². The lowest BCUT2D eigenvalue weighted by Crippen LogP contribution is -2.73. The molecule has 33 heavy (non-hydrogen) atoms. The molecule has 0 aliphatic carbocycles. The van der Waals surface area contributed by atoms with Crippen molar-refractivity contribution in [2.75, 3.05) is 26.8 Å². The molecule has 168 valence electrons. The molecule has 2 saturated heterocycles. The number of aliphatic hydroxyl groups is 1. The highest BCUT2D eigenvalue weighted by molar-refractivity contribution is 5.97. The van der Waals surface area contributed by atoms with E-state index in [0.29, 0.717) is 12.1 Å². The van der Waals surface area contributed by atoms with Gasteiger partial charge in [-0.1, -0.05) is 36.4 Å². The lowest BCUT2D eigenvalue weighted by molar-refractivity contribution is -0.159. The van der Waals surface area contributed by atoms with E-state index < -0.39 is 0 Å². The van der Waals surface area contributed by atoms with Gasteiger partial charge in [-0.15, -0.1) is 0 Å². The van der Waals surface area contributed by atoms with E-state index in [0.717, 1.165) is 22.4 Å². The highest BCUT2D eigenvalue weighted by Crippen LogP contribution is 2.43. The first-order valence-electron chi connectivity index (χ1n) is 11.0. The number of ether oxygens (including phenoxy) is 1. The van der Waals surface area contributed by atoms with Crippen LogP contribution < -0.4 is 4.74 Å². The molecule has 3 atom stereocenters. The predicted molar refractivity (Wildman–Crippen MR) is 123 cm³/mol. The first-order chi connectivity index (χ1) is 16.1. The molecule has 1 N–H and O–H groups in total. The van der Waals surface area contributed by atoms with Crippen molar-refractivity contribution in [3.63, 3.8) is 0 Å². The summed E-state index contributed by atoms with van der Waals surface area (Å²) in [5.41, 5.74) is 3.62. The number of benzene rings is 2. The van der Waals surface area contributed by atoms with Gasteiger partial charge >= 0.3 is 0 Å². The van der Waals surface area contributed by atoms with Crippen molar-refractivity contribution in [3.05, 3.63) is 84.2 Å². The lowest BCUT2D eigenvalue weighted by atomic mass is 9.73. The van der Waals surface area contributed by atoms with Crippen molar-refractivity contribution in [1.29, 1.82) is 0 Å². The highest BCUT2D eigenvalue weighted by Gasteiger charge is 2.54. The Hall–Kier alpha value is -3.71. The van der Waals surface area contributed by atoms with Crippen LogP contribution in [0.5, 0.6) is 5.75 Å². The quantitative estimate of drug-likeness (QED) is 0.655. The van der Waals surface area contributed by atoms with Crippen LogP contribution >= 0.6 is 0 Å². The van der Waals surface area contributed by atoms with Crippen molar-refractivity contribution >= 4 is 11.8 Å². The standard InChI is InChI=1S/C26H25N3O4/c1-33-21-6-2-4-19(12-21)17-7-9-18(10-8-17)25-22-14-28(15-24(31)29(22)23(25)16-30)26(32)20-5-3-11-27-13-20/h2-13,22-23,25,30H,14-16H2,1H3/t22-,23+,25+/m1/s1. The number of hydrogen-bond donors (Lipinski definition) is 1. The summed E-state index contributed by atoms with van der Waals surface area (Å²) in [6.45, 7) is 0.335. The maximum Gasteiger partial charge on any atom is 0.255 e. The summed E-state index contributed by atoms with van der Waals surface area (Å²) < 4.78 is 5.32. The molecule has 1 aromatic heterocycles. The Bertz CT molecular complexity index is 1170. The molecular weight excluding hydrogens is 418 g/mol. The summed E-state index contributed by atoms with van der Waals surface area (Å²) in [5, 5.41) is 10.0. The summed E-state index contributed by atoms with van der Waals surface area (Å²) in [6.07, 6.45) is 3.13. The van der Waals surface area contributed by atoms with Gasteiger partial charge in [-0.2, -0.15) is 0 Å². The van der Waals surface area contributed by atoms with Crippen LogP contribution in [-0.4, -0.2) is 70.6 Å². The number of aromatic nitrogens is 1. The summed E-state index contributed by atoms with van der Waals surface area (Å²) in [5.74, 6) is 0.427. The Morgan fingerprint density at radius 1 is 1.12 bits per heavy atom. The van der Waals surface area contributed by atoms with Crippen LogP contribution in [0.25, 0.3) is 11.1 Å². The minimum absolute atomic E-state index is 0.0161. The number of piperazine rings is 1. The zero-order valence-electron chi connectivity index (χ0n) is 18.3. The minimum atomic E-state index is -0.277. The third kappa shape index (κ3) is 3.74. The molecule has 2 aromatic carbocycles. The molecule has 0 saturated carbocycles. The van der Waals surface area contributed by atoms with E-state index in [1.807, 2.05) is 48.5 Å². The summed E-state index contributed by atoms with van der Waals surface area (Å²) >= 11 is 0. The molecule has 0 radical (unpaired) electrons. The van der Waals surface area contributed by atoms with Gasteiger partial charge in [-0.25, -0.2) is 0 Å². The highest BCUT2D eigenvalue weighted by atomic mass is 16.5. The van der Waals surface area contributed by atoms with Gasteiger partial charge in [0.15, 0.2) is 0 Å². The topological polar surface area (TPSA) is 83.0 Å². The molecule has 0 spiro atoms. The number of pyridine rings is 1. The third-order valence-corrected chi connectivity index (χ3v) is 6.65. The number of methoxy groups -OCH3 is 1. The van der Waals surface area contributed by atoms with Gasteiger partial charge in [0, 0.05) is 24.9 Å². The Kier molecular flexibility index (Phi) is 5.56. The molecule has 5 rings (SSSR count). The molecule has 7 nitrogen and oxygen atoms in total. The van der Waals surface area contributed by atoms with Gasteiger partial charge < -0.3 is 19.6 Å². The lowest BCUT2D eigenvalue weighted by Gasteiger charge is -2.58. The van der Waals surface area contributed by atoms with E-state index in [1.54, 1.807) is 35.2 Å². The fourth-order valence-electron chi connectivity index (χ4n) is 5.03. The van der Waals surface area contributed by atoms with E-state index in [9.17, 15) is 14.7 Å². The zero-order valence-corrected chi connectivity index (χ0v) is 18.3. The molecule has 2 fully saturated rings. The molecule has 0 bridgehead atoms. The van der Waals surface area contributed by atoms with E-state index in [1.165, 1.54) is 6.20 Å². The van der Waals surface area contributed by atoms with Crippen LogP contribution in [0.4, 0.5) is 0 Å². The maximum absolute atomic E-state index is 12.9. The largest absolute Gasteiger partial charge is 0.497 e. The maximum atomic E-state index is 12.9. The Labute approximate surface area is 192 Å². The fourth-order valence-corrected chi connectivity index (χ4v) is 5.03. The third-order valence-electron chi connectivity index (χ3n) is 6.65. The molecule has 3 aromatic rings. The van der Waals surface area contributed by atoms with Crippen molar-refractivity contribution < 1.29 is 19.4 Å². The van der Waals surface area contributed by atoms with Gasteiger partial charge in [0.05, 0.1) is 31.4 Å². The van der Waals surface area contributed by atoms with Crippen LogP contribution in [0.1, 0.15) is 21.8 Å². The molecule has 2 amide bonds. The SMILES string of the molecule is COc1cccc(-c2ccc([C@H]3[C@H]4CN(C(=O)c5cccnc5)CC(=O)N4[C@H]3CO)cc2)c1. The number of aliphatic hydroxyl groups excluding tert-OH is 1. The average Bonchev–Trinajstić information content (AvgIpc) is 2.85. The van der Waals surface area contributed by atoms with Crippen LogP contribution in [0.15, 0.2) is 73.1 Å². The van der Waals surface area contributed by atoms with Crippen molar-refractivity contribution in [1.82, 2.24) is 14.8 Å². The number of hydrogen-bond acceptors (Lipinski definition) is 5. The predicted octanol–water partition coefficient (Wildman–Crippen LogP) is 2.57. The van der Waals surface area contributed by atoms with Gasteiger partial charge in [0.1, 0.15) is 12.3 Å². The number of fused-ring (bicyclic) bond motifs is 1. The number of carbonyl (C=O) groups excluding carboxylic acids is 2. The molecule has 2 aliphatic heterocycles. The normalized spacial score (nSPS) is 21.9. The summed E-state index contributed by atoms with van der Waals surface area (Å²) in [6, 6.07) is 19.0. The van der Waals surface area contributed by atoms with Crippen LogP contribution in [0.2, 0.25) is 0 Å². The zero-order chi connectivity index (χ0) is 22.9. The number of carbonyl (C=O) groups is 2. The summed E-state index contributed by atoms with van der Waals surface area (Å²) in [7, 11) is 1.65. The molecular formula is C26H25N3O4. The van der Waals surface area contributed by atoms with E-state index >= 15 is 0 Å². The van der Waals surface area contributed by atoms with Crippen molar-refractivity contribution in [2.45, 2.75) is 18.0 Å². The summed E-state index contributed by atoms with van der Waals surface area (Å²) in [4.78, 5) is 33.1. The average molecular weight is 444 g/mol. The van der Waals surface area contributed by atoms with Crippen molar-refractivity contribution in [2.24, 2.45) is 0 Å². The Balaban J connectivity index is 1.38. The monoisotopic (exact) mass is 443 g/mol. The molecule has 7 heteroatoms. The van der Waals surface area contributed by atoms with Gasteiger partial charge in [-0.05, 0) is 41.0 Å². The van der Waals surface area contributed by atoms with Gasteiger partial charge in [-0.3, -0.25) is 14.6 Å². The minimum Gasteiger partial charge on any atom is -0.497 e. The van der Waals surface area contributed by atoms with Crippen molar-refractivity contribution in [3.8, 4) is 16.9 Å². The van der Waals surface area contributed by atoms with E-state index in [-0.39, 0.29) is 43.0 Å². The van der Waals surface area contributed by atoms with Crippen LogP contribution in [0.3, 0.4) is 0 Å².